The van der Waals surface area contributed by atoms with E-state index in [1.165, 1.54) is 0 Å². The van der Waals surface area contributed by atoms with Gasteiger partial charge in [0.1, 0.15) is 12.4 Å². The van der Waals surface area contributed by atoms with Crippen LogP contribution < -0.4 is 4.74 Å². The van der Waals surface area contributed by atoms with Gasteiger partial charge < -0.3 is 9.64 Å². The number of alkyl halides is 2. The third-order valence-electron chi connectivity index (χ3n) is 4.59. The Hall–Kier alpha value is -2.64. The number of fused-ring (bicyclic) bond motifs is 1. The van der Waals surface area contributed by atoms with Gasteiger partial charge in [0.2, 0.25) is 5.88 Å². The summed E-state index contributed by atoms with van der Waals surface area (Å²) in [4.78, 5) is 18.6. The Morgan fingerprint density at radius 1 is 1.13 bits per heavy atom. The van der Waals surface area contributed by atoms with Crippen molar-refractivity contribution >= 4 is 29.1 Å². The van der Waals surface area contributed by atoms with E-state index in [9.17, 15) is 13.6 Å². The van der Waals surface area contributed by atoms with E-state index in [0.29, 0.717) is 27.1 Å². The number of rotatable bonds is 4. The van der Waals surface area contributed by atoms with E-state index in [-0.39, 0.29) is 24.7 Å². The molecule has 0 bridgehead atoms. The highest BCUT2D eigenvalue weighted by Crippen LogP contribution is 2.37. The topological polar surface area (TPSA) is 47.4 Å². The van der Waals surface area contributed by atoms with Gasteiger partial charge in [-0.25, -0.2) is 13.8 Å². The maximum absolute atomic E-state index is 13.6. The summed E-state index contributed by atoms with van der Waals surface area (Å²) in [6.07, 6.45) is 0. The SMILES string of the molecule is CC(F)(F)CN1CCOc2c(nc(-c3ccccc3Cl)n2-c2ccc(Cl)cc2)C1=O. The zero-order valence-electron chi connectivity index (χ0n) is 15.9. The molecule has 0 atom stereocenters. The van der Waals surface area contributed by atoms with Crippen molar-refractivity contribution in [2.45, 2.75) is 12.8 Å². The average molecular weight is 452 g/mol. The molecule has 0 spiro atoms. The van der Waals surface area contributed by atoms with Crippen LogP contribution in [0.2, 0.25) is 10.0 Å². The first-order valence-electron chi connectivity index (χ1n) is 9.18. The Morgan fingerprint density at radius 2 is 1.83 bits per heavy atom. The van der Waals surface area contributed by atoms with Crippen LogP contribution in [0.25, 0.3) is 17.1 Å². The maximum atomic E-state index is 13.6. The van der Waals surface area contributed by atoms with Crippen LogP contribution in [0, 0.1) is 0 Å². The molecular formula is C21H17Cl2F2N3O2. The molecule has 0 N–H and O–H groups in total. The maximum Gasteiger partial charge on any atom is 0.278 e. The predicted octanol–water partition coefficient (Wildman–Crippen LogP) is 5.34. The number of halogens is 4. The number of amides is 1. The zero-order valence-corrected chi connectivity index (χ0v) is 17.4. The minimum Gasteiger partial charge on any atom is -0.475 e. The highest BCUT2D eigenvalue weighted by molar-refractivity contribution is 6.33. The Kier molecular flexibility index (Phi) is 5.42. The van der Waals surface area contributed by atoms with Crippen molar-refractivity contribution in [3.05, 3.63) is 64.3 Å². The fourth-order valence-electron chi connectivity index (χ4n) is 3.32. The first kappa shape index (κ1) is 20.6. The molecule has 0 unspecified atom stereocenters. The van der Waals surface area contributed by atoms with Crippen molar-refractivity contribution in [2.24, 2.45) is 0 Å². The number of carbonyl (C=O) groups excluding carboxylic acids is 1. The van der Waals surface area contributed by atoms with E-state index in [2.05, 4.69) is 4.98 Å². The van der Waals surface area contributed by atoms with Gasteiger partial charge in [-0.1, -0.05) is 35.3 Å². The van der Waals surface area contributed by atoms with Crippen molar-refractivity contribution < 1.29 is 18.3 Å². The highest BCUT2D eigenvalue weighted by atomic mass is 35.5. The summed E-state index contributed by atoms with van der Waals surface area (Å²) in [5.74, 6) is -3.11. The van der Waals surface area contributed by atoms with Gasteiger partial charge in [0, 0.05) is 17.5 Å². The molecule has 2 heterocycles. The molecule has 0 saturated carbocycles. The van der Waals surface area contributed by atoms with Crippen LogP contribution in [0.5, 0.6) is 5.88 Å². The molecule has 1 aromatic heterocycles. The summed E-state index contributed by atoms with van der Waals surface area (Å²) < 4.78 is 34.7. The molecule has 0 aliphatic carbocycles. The Bertz CT molecular complexity index is 1090. The number of nitrogens with zero attached hydrogens (tertiary/aromatic N) is 3. The van der Waals surface area contributed by atoms with Gasteiger partial charge in [-0.3, -0.25) is 9.36 Å². The fourth-order valence-corrected chi connectivity index (χ4v) is 3.67. The van der Waals surface area contributed by atoms with E-state index in [1.54, 1.807) is 53.1 Å². The number of aromatic nitrogens is 2. The molecule has 30 heavy (non-hydrogen) atoms. The third-order valence-corrected chi connectivity index (χ3v) is 5.17. The first-order chi connectivity index (χ1) is 14.2. The summed E-state index contributed by atoms with van der Waals surface area (Å²) in [5.41, 5.74) is 1.18. The second kappa shape index (κ2) is 7.89. The van der Waals surface area contributed by atoms with Crippen LogP contribution >= 0.6 is 23.2 Å². The fraction of sp³-hybridized carbons (Fsp3) is 0.238. The summed E-state index contributed by atoms with van der Waals surface area (Å²) in [7, 11) is 0. The zero-order chi connectivity index (χ0) is 21.5. The van der Waals surface area contributed by atoms with Crippen LogP contribution in [0.3, 0.4) is 0 Å². The summed E-state index contributed by atoms with van der Waals surface area (Å²) in [6.45, 7) is 0.134. The van der Waals surface area contributed by atoms with E-state index in [4.69, 9.17) is 27.9 Å². The van der Waals surface area contributed by atoms with Crippen LogP contribution in [-0.4, -0.2) is 46.0 Å². The lowest BCUT2D eigenvalue weighted by Crippen LogP contribution is -2.40. The minimum absolute atomic E-state index is 0.0284. The van der Waals surface area contributed by atoms with Crippen LogP contribution in [0.4, 0.5) is 8.78 Å². The number of carbonyl (C=O) groups is 1. The number of hydrogen-bond acceptors (Lipinski definition) is 3. The van der Waals surface area contributed by atoms with Crippen molar-refractivity contribution in [1.82, 2.24) is 14.5 Å². The molecule has 9 heteroatoms. The number of imidazole rings is 1. The minimum atomic E-state index is -3.04. The van der Waals surface area contributed by atoms with Crippen molar-refractivity contribution in [3.8, 4) is 23.0 Å². The van der Waals surface area contributed by atoms with E-state index >= 15 is 0 Å². The van der Waals surface area contributed by atoms with Crippen molar-refractivity contribution in [3.63, 3.8) is 0 Å². The van der Waals surface area contributed by atoms with Gasteiger partial charge in [-0.05, 0) is 36.4 Å². The predicted molar refractivity (Wildman–Crippen MR) is 111 cm³/mol. The second-order valence-corrected chi connectivity index (χ2v) is 7.87. The molecule has 156 valence electrons. The first-order valence-corrected chi connectivity index (χ1v) is 9.94. The van der Waals surface area contributed by atoms with Gasteiger partial charge in [-0.15, -0.1) is 0 Å². The van der Waals surface area contributed by atoms with Gasteiger partial charge in [0.05, 0.1) is 23.8 Å². The smallest absolute Gasteiger partial charge is 0.278 e. The summed E-state index contributed by atoms with van der Waals surface area (Å²) >= 11 is 12.4. The molecule has 3 aromatic rings. The monoisotopic (exact) mass is 451 g/mol. The summed E-state index contributed by atoms with van der Waals surface area (Å²) in [6, 6.07) is 13.9. The van der Waals surface area contributed by atoms with Crippen LogP contribution in [0.15, 0.2) is 48.5 Å². The highest BCUT2D eigenvalue weighted by Gasteiger charge is 2.35. The molecular weight excluding hydrogens is 435 g/mol. The molecule has 4 rings (SSSR count). The molecule has 0 fully saturated rings. The largest absolute Gasteiger partial charge is 0.475 e. The average Bonchev–Trinajstić information content (AvgIpc) is 2.99. The molecule has 5 nitrogen and oxygen atoms in total. The van der Waals surface area contributed by atoms with E-state index in [1.807, 2.05) is 0 Å². The number of benzene rings is 2. The lowest BCUT2D eigenvalue weighted by molar-refractivity contribution is -0.0119. The molecule has 0 radical (unpaired) electrons. The Morgan fingerprint density at radius 3 is 2.50 bits per heavy atom. The van der Waals surface area contributed by atoms with E-state index in [0.717, 1.165) is 11.8 Å². The molecule has 0 saturated heterocycles. The number of hydrogen-bond donors (Lipinski definition) is 0. The number of ether oxygens (including phenoxy) is 1. The summed E-state index contributed by atoms with van der Waals surface area (Å²) in [5, 5.41) is 0.967. The lowest BCUT2D eigenvalue weighted by Gasteiger charge is -2.22. The standard InChI is InChI=1S/C21H17Cl2F2N3O2/c1-21(24,25)12-27-10-11-30-20-17(19(27)29)26-18(15-4-2-3-5-16(15)23)28(20)14-8-6-13(22)7-9-14/h2-9H,10-12H2,1H3. The van der Waals surface area contributed by atoms with Crippen LogP contribution in [-0.2, 0) is 0 Å². The van der Waals surface area contributed by atoms with Gasteiger partial charge in [0.15, 0.2) is 5.69 Å². The van der Waals surface area contributed by atoms with Gasteiger partial charge in [-0.2, -0.15) is 0 Å². The van der Waals surface area contributed by atoms with Crippen molar-refractivity contribution in [1.29, 1.82) is 0 Å². The second-order valence-electron chi connectivity index (χ2n) is 7.03. The molecule has 1 aliphatic rings. The Labute approximate surface area is 181 Å². The van der Waals surface area contributed by atoms with E-state index < -0.39 is 18.4 Å². The van der Waals surface area contributed by atoms with Gasteiger partial charge >= 0.3 is 0 Å². The quantitative estimate of drug-likeness (QED) is 0.537. The third kappa shape index (κ3) is 4.00. The van der Waals surface area contributed by atoms with Crippen LogP contribution in [0.1, 0.15) is 17.4 Å². The molecule has 1 aliphatic heterocycles. The van der Waals surface area contributed by atoms with Gasteiger partial charge in [0.25, 0.3) is 11.8 Å². The Balaban J connectivity index is 1.91. The molecule has 2 aromatic carbocycles. The lowest BCUT2D eigenvalue weighted by atomic mass is 10.2. The molecule has 1 amide bonds. The normalized spacial score (nSPS) is 14.3. The van der Waals surface area contributed by atoms with Crippen molar-refractivity contribution in [2.75, 3.05) is 19.7 Å².